The lowest BCUT2D eigenvalue weighted by Gasteiger charge is -1.97. The maximum absolute atomic E-state index is 11.5. The second-order valence-corrected chi connectivity index (χ2v) is 2.03. The molecule has 0 atom stereocenters. The summed E-state index contributed by atoms with van der Waals surface area (Å²) in [7, 11) is 1.59. The molecule has 0 fully saturated rings. The second kappa shape index (κ2) is 3.76. The number of halogens is 1. The molecule has 1 rings (SSSR count). The lowest BCUT2D eigenvalue weighted by molar-refractivity contribution is 0.415. The smallest absolute Gasteiger partial charge is 0.159 e. The molecule has 0 saturated heterocycles. The summed E-state index contributed by atoms with van der Waals surface area (Å²) < 4.78 is 16.4. The Morgan fingerprint density at radius 1 is 1.36 bits per heavy atom. The lowest BCUT2D eigenvalue weighted by Crippen LogP contribution is -1.80. The molecule has 1 aromatic carbocycles. The van der Waals surface area contributed by atoms with Gasteiger partial charge in [0, 0.05) is 0 Å². The van der Waals surface area contributed by atoms with E-state index in [0.717, 1.165) is 11.3 Å². The van der Waals surface area contributed by atoms with Gasteiger partial charge in [0.15, 0.2) is 6.33 Å². The second-order valence-electron chi connectivity index (χ2n) is 2.03. The van der Waals surface area contributed by atoms with Crippen LogP contribution in [-0.2, 0) is 0 Å². The molecule has 0 bridgehead atoms. The van der Waals surface area contributed by atoms with Crippen LogP contribution in [0.25, 0.3) is 6.08 Å². The van der Waals surface area contributed by atoms with Crippen molar-refractivity contribution in [1.82, 2.24) is 0 Å². The topological polar surface area (TPSA) is 9.23 Å². The third-order valence-corrected chi connectivity index (χ3v) is 1.34. The standard InChI is InChI=1S/C9H8FO/c1-11-9-4-2-8(3-5-9)6-7-10/h2-6H,1H3. The van der Waals surface area contributed by atoms with Crippen molar-refractivity contribution in [2.24, 2.45) is 0 Å². The van der Waals surface area contributed by atoms with Gasteiger partial charge < -0.3 is 4.74 Å². The van der Waals surface area contributed by atoms with Crippen LogP contribution in [0.1, 0.15) is 5.56 Å². The minimum Gasteiger partial charge on any atom is -0.497 e. The quantitative estimate of drug-likeness (QED) is 0.630. The van der Waals surface area contributed by atoms with Gasteiger partial charge in [0.1, 0.15) is 5.75 Å². The first kappa shape index (κ1) is 7.79. The zero-order valence-electron chi connectivity index (χ0n) is 6.17. The highest BCUT2D eigenvalue weighted by molar-refractivity contribution is 5.47. The third-order valence-electron chi connectivity index (χ3n) is 1.34. The maximum Gasteiger partial charge on any atom is 0.159 e. The molecule has 1 aromatic rings. The molecule has 2 heteroatoms. The highest BCUT2D eigenvalue weighted by Crippen LogP contribution is 2.11. The monoisotopic (exact) mass is 151 g/mol. The Morgan fingerprint density at radius 2 is 2.00 bits per heavy atom. The molecule has 0 unspecified atom stereocenters. The van der Waals surface area contributed by atoms with Crippen molar-refractivity contribution < 1.29 is 9.13 Å². The van der Waals surface area contributed by atoms with Crippen LogP contribution >= 0.6 is 0 Å². The van der Waals surface area contributed by atoms with E-state index in [0.29, 0.717) is 0 Å². The lowest BCUT2D eigenvalue weighted by atomic mass is 10.2. The van der Waals surface area contributed by atoms with Gasteiger partial charge in [0.05, 0.1) is 7.11 Å². The van der Waals surface area contributed by atoms with Crippen molar-refractivity contribution in [1.29, 1.82) is 0 Å². The maximum atomic E-state index is 11.5. The summed E-state index contributed by atoms with van der Waals surface area (Å²) in [5, 5.41) is 0. The highest BCUT2D eigenvalue weighted by Gasteiger charge is 1.88. The van der Waals surface area contributed by atoms with Crippen LogP contribution in [0, 0.1) is 6.33 Å². The molecule has 0 N–H and O–H groups in total. The molecule has 0 saturated carbocycles. The van der Waals surface area contributed by atoms with Crippen LogP contribution in [0.4, 0.5) is 4.39 Å². The third kappa shape index (κ3) is 2.08. The van der Waals surface area contributed by atoms with Gasteiger partial charge in [-0.05, 0) is 23.8 Å². The van der Waals surface area contributed by atoms with Crippen molar-refractivity contribution in [3.8, 4) is 5.75 Å². The molecule has 0 aromatic heterocycles. The Bertz CT molecular complexity index is 238. The SMILES string of the molecule is COc1ccc(C=[C]F)cc1. The van der Waals surface area contributed by atoms with E-state index in [1.165, 1.54) is 12.4 Å². The Kier molecular flexibility index (Phi) is 2.66. The van der Waals surface area contributed by atoms with Crippen LogP contribution in [0.2, 0.25) is 0 Å². The fourth-order valence-corrected chi connectivity index (χ4v) is 0.763. The Hall–Kier alpha value is -1.31. The van der Waals surface area contributed by atoms with Crippen LogP contribution in [-0.4, -0.2) is 7.11 Å². The summed E-state index contributed by atoms with van der Waals surface area (Å²) in [6.45, 7) is 0. The summed E-state index contributed by atoms with van der Waals surface area (Å²) in [6, 6.07) is 7.04. The van der Waals surface area contributed by atoms with Gasteiger partial charge in [0.25, 0.3) is 0 Å². The summed E-state index contributed by atoms with van der Waals surface area (Å²) >= 11 is 0. The van der Waals surface area contributed by atoms with Gasteiger partial charge in [-0.2, -0.15) is 0 Å². The van der Waals surface area contributed by atoms with Crippen molar-refractivity contribution in [3.05, 3.63) is 36.2 Å². The van der Waals surface area contributed by atoms with Gasteiger partial charge in [-0.15, -0.1) is 0 Å². The summed E-state index contributed by atoms with van der Waals surface area (Å²) in [6.07, 6.45) is 2.72. The molecule has 0 aliphatic carbocycles. The van der Waals surface area contributed by atoms with E-state index in [1.807, 2.05) is 0 Å². The molecule has 0 aliphatic rings. The van der Waals surface area contributed by atoms with Crippen LogP contribution in [0.3, 0.4) is 0 Å². The average Bonchev–Trinajstić information content (AvgIpc) is 2.07. The first-order valence-electron chi connectivity index (χ1n) is 3.20. The minimum atomic E-state index is 0.765. The molecule has 0 aliphatic heterocycles. The van der Waals surface area contributed by atoms with Gasteiger partial charge >= 0.3 is 0 Å². The van der Waals surface area contributed by atoms with Gasteiger partial charge in [-0.25, -0.2) is 4.39 Å². The van der Waals surface area contributed by atoms with Crippen LogP contribution in [0.5, 0.6) is 5.75 Å². The average molecular weight is 151 g/mol. The predicted molar refractivity (Wildman–Crippen MR) is 41.8 cm³/mol. The molecule has 11 heavy (non-hydrogen) atoms. The molecular weight excluding hydrogens is 143 g/mol. The molecular formula is C9H8FO. The molecule has 0 heterocycles. The van der Waals surface area contributed by atoms with Crippen LogP contribution in [0.15, 0.2) is 24.3 Å². The van der Waals surface area contributed by atoms with E-state index in [-0.39, 0.29) is 0 Å². The van der Waals surface area contributed by atoms with E-state index in [1.54, 1.807) is 31.4 Å². The Labute approximate surface area is 65.1 Å². The summed E-state index contributed by atoms with van der Waals surface area (Å²) in [4.78, 5) is 0. The van der Waals surface area contributed by atoms with E-state index < -0.39 is 0 Å². The van der Waals surface area contributed by atoms with Crippen molar-refractivity contribution >= 4 is 6.08 Å². The zero-order chi connectivity index (χ0) is 8.10. The number of rotatable bonds is 2. The van der Waals surface area contributed by atoms with E-state index in [4.69, 9.17) is 4.74 Å². The highest BCUT2D eigenvalue weighted by atomic mass is 19.1. The number of hydrogen-bond donors (Lipinski definition) is 0. The molecule has 1 radical (unpaired) electrons. The van der Waals surface area contributed by atoms with Gasteiger partial charge in [-0.3, -0.25) is 0 Å². The van der Waals surface area contributed by atoms with Gasteiger partial charge in [-0.1, -0.05) is 12.1 Å². The molecule has 57 valence electrons. The van der Waals surface area contributed by atoms with Crippen molar-refractivity contribution in [2.45, 2.75) is 0 Å². The first-order valence-corrected chi connectivity index (χ1v) is 3.20. The minimum absolute atomic E-state index is 0.765. The zero-order valence-corrected chi connectivity index (χ0v) is 6.17. The van der Waals surface area contributed by atoms with Crippen molar-refractivity contribution in [2.75, 3.05) is 7.11 Å². The molecule has 0 amide bonds. The Morgan fingerprint density at radius 3 is 2.45 bits per heavy atom. The van der Waals surface area contributed by atoms with E-state index in [2.05, 4.69) is 0 Å². The fraction of sp³-hybridized carbons (Fsp3) is 0.111. The number of methoxy groups -OCH3 is 1. The summed E-state index contributed by atoms with van der Waals surface area (Å²) in [5.74, 6) is 0.765. The number of benzene rings is 1. The van der Waals surface area contributed by atoms with Crippen LogP contribution < -0.4 is 4.74 Å². The largest absolute Gasteiger partial charge is 0.497 e. The summed E-state index contributed by atoms with van der Waals surface area (Å²) in [5.41, 5.74) is 0.772. The molecule has 1 nitrogen and oxygen atoms in total. The fourth-order valence-electron chi connectivity index (χ4n) is 0.763. The first-order chi connectivity index (χ1) is 5.36. The van der Waals surface area contributed by atoms with Gasteiger partial charge in [0.2, 0.25) is 0 Å². The molecule has 0 spiro atoms. The normalized spacial score (nSPS) is 10.4. The predicted octanol–water partition coefficient (Wildman–Crippen LogP) is 2.44. The van der Waals surface area contributed by atoms with Crippen molar-refractivity contribution in [3.63, 3.8) is 0 Å². The number of ether oxygens (including phenoxy) is 1. The van der Waals surface area contributed by atoms with E-state index in [9.17, 15) is 4.39 Å². The van der Waals surface area contributed by atoms with E-state index >= 15 is 0 Å². The number of hydrogen-bond acceptors (Lipinski definition) is 1. The Balaban J connectivity index is 2.82.